The first-order chi connectivity index (χ1) is 9.25. The van der Waals surface area contributed by atoms with Crippen molar-refractivity contribution in [2.75, 3.05) is 0 Å². The second-order valence-corrected chi connectivity index (χ2v) is 5.47. The van der Waals surface area contributed by atoms with Gasteiger partial charge in [-0.15, -0.1) is 0 Å². The summed E-state index contributed by atoms with van der Waals surface area (Å²) in [6.07, 6.45) is 0.196. The molecule has 1 N–H and O–H groups in total. The van der Waals surface area contributed by atoms with Crippen molar-refractivity contribution in [3.8, 4) is 0 Å². The Bertz CT molecular complexity index is 691. The van der Waals surface area contributed by atoms with Crippen molar-refractivity contribution in [2.45, 2.75) is 24.7 Å². The van der Waals surface area contributed by atoms with Crippen molar-refractivity contribution in [2.24, 2.45) is 0 Å². The molecule has 0 fully saturated rings. The molecule has 0 heterocycles. The van der Waals surface area contributed by atoms with E-state index < -0.39 is 27.4 Å². The third kappa shape index (κ3) is 6.41. The van der Waals surface area contributed by atoms with Gasteiger partial charge in [0.05, 0.1) is 4.90 Å². The minimum atomic E-state index is -4.24. The number of benzene rings is 1. The van der Waals surface area contributed by atoms with Crippen molar-refractivity contribution in [1.82, 2.24) is 0 Å². The fourth-order valence-corrected chi connectivity index (χ4v) is 2.01. The average molecular weight is 336 g/mol. The van der Waals surface area contributed by atoms with Gasteiger partial charge in [-0.1, -0.05) is 12.1 Å². The maximum atomic E-state index is 11.6. The van der Waals surface area contributed by atoms with Crippen LogP contribution in [-0.4, -0.2) is 86.4 Å². The molecule has 0 bridgehead atoms. The van der Waals surface area contributed by atoms with E-state index in [0.717, 1.165) is 6.92 Å². The van der Waals surface area contributed by atoms with Gasteiger partial charge in [-0.25, -0.2) is 0 Å². The van der Waals surface area contributed by atoms with Crippen molar-refractivity contribution < 1.29 is 27.3 Å². The van der Waals surface area contributed by atoms with Crippen LogP contribution in [0.5, 0.6) is 0 Å². The molecule has 0 aromatic heterocycles. The molecule has 1 rings (SSSR count). The first-order valence-corrected chi connectivity index (χ1v) is 7.02. The number of aryl methyl sites for hydroxylation is 1. The van der Waals surface area contributed by atoms with E-state index in [1.165, 1.54) is 24.3 Å². The zero-order valence-corrected chi connectivity index (χ0v) is 11.4. The molecule has 0 aliphatic rings. The van der Waals surface area contributed by atoms with Crippen LogP contribution >= 0.6 is 0 Å². The zero-order valence-electron chi connectivity index (χ0n) is 10.6. The second-order valence-electron chi connectivity index (χ2n) is 4.05. The van der Waals surface area contributed by atoms with Crippen LogP contribution in [0.4, 0.5) is 0 Å². The molecule has 9 heteroatoms. The Kier molecular flexibility index (Phi) is 8.60. The first kappa shape index (κ1) is 20.5. The van der Waals surface area contributed by atoms with Crippen LogP contribution < -0.4 is 0 Å². The van der Waals surface area contributed by atoms with E-state index in [1.807, 2.05) is 0 Å². The molecule has 108 valence electrons. The van der Waals surface area contributed by atoms with E-state index in [4.69, 9.17) is 10.1 Å². The van der Waals surface area contributed by atoms with Crippen LogP contribution in [0.3, 0.4) is 0 Å². The summed E-state index contributed by atoms with van der Waals surface area (Å²) in [7, 11) is -4.24. The van der Waals surface area contributed by atoms with Gasteiger partial charge in [-0.2, -0.15) is 13.2 Å². The summed E-state index contributed by atoms with van der Waals surface area (Å²) in [4.78, 5) is 25.0. The van der Waals surface area contributed by atoms with Crippen LogP contribution in [-0.2, 0) is 26.1 Å². The first-order valence-electron chi connectivity index (χ1n) is 5.58. The Hall–Kier alpha value is -0.514. The fraction of sp³-hybridized carbons (Fsp3) is 0.250. The van der Waals surface area contributed by atoms with Crippen LogP contribution in [0.25, 0.3) is 5.53 Å². The summed E-state index contributed by atoms with van der Waals surface area (Å²) in [5, 5.41) is 0. The monoisotopic (exact) mass is 336 g/mol. The van der Waals surface area contributed by atoms with Crippen LogP contribution in [0, 0.1) is 0 Å². The Morgan fingerprint density at radius 2 is 1.76 bits per heavy atom. The summed E-state index contributed by atoms with van der Waals surface area (Å²) in [5.74, 6) is -1.22. The van der Waals surface area contributed by atoms with E-state index in [2.05, 4.69) is 4.79 Å². The Morgan fingerprint density at radius 1 is 1.24 bits per heavy atom. The Morgan fingerprint density at radius 3 is 2.14 bits per heavy atom. The zero-order chi connectivity index (χ0) is 15.3. The van der Waals surface area contributed by atoms with E-state index in [-0.39, 0.29) is 69.1 Å². The predicted molar refractivity (Wildman–Crippen MR) is 76.0 cm³/mol. The number of hydrogen-bond donors (Lipinski definition) is 1. The molecule has 0 aliphatic heterocycles. The molecule has 0 saturated carbocycles. The van der Waals surface area contributed by atoms with Crippen molar-refractivity contribution in [3.05, 3.63) is 35.4 Å². The molecular formula is C12H13KN2O5S. The number of ketones is 2. The second kappa shape index (κ2) is 8.81. The maximum absolute atomic E-state index is 11.6. The SMILES string of the molecule is CC(=O)C(=[N+]=[N-])C(=O)CCc1ccc(S(=O)(=O)O)cc1.[KH]. The number of hydrogen-bond acceptors (Lipinski definition) is 4. The van der Waals surface area contributed by atoms with Gasteiger partial charge in [-0.05, 0) is 24.1 Å². The molecule has 0 radical (unpaired) electrons. The molecule has 0 aliphatic carbocycles. The number of carbonyl (C=O) groups excluding carboxylic acids is 2. The summed E-state index contributed by atoms with van der Waals surface area (Å²) in [6, 6.07) is 5.31. The fourth-order valence-electron chi connectivity index (χ4n) is 1.53. The Labute approximate surface area is 164 Å². The number of Topliss-reactive ketones (excluding diaryl/α,β-unsaturated/α-hetero) is 2. The average Bonchev–Trinajstić information content (AvgIpc) is 2.36. The van der Waals surface area contributed by atoms with Gasteiger partial charge in [0.2, 0.25) is 11.6 Å². The van der Waals surface area contributed by atoms with E-state index in [1.54, 1.807) is 0 Å². The van der Waals surface area contributed by atoms with Gasteiger partial charge in [0, 0.05) is 13.3 Å². The van der Waals surface area contributed by atoms with E-state index in [9.17, 15) is 18.0 Å². The molecule has 1 aromatic carbocycles. The third-order valence-corrected chi connectivity index (χ3v) is 3.43. The van der Waals surface area contributed by atoms with E-state index in [0.29, 0.717) is 5.56 Å². The standard InChI is InChI=1S/C12H12N2O5S.K.H/c1-8(15)12(14-13)11(16)7-4-9-2-5-10(6-3-9)20(17,18)19;;/h2-3,5-6H,4,7H2,1H3,(H,17,18,19);;. The van der Waals surface area contributed by atoms with Gasteiger partial charge in [-0.3, -0.25) is 14.1 Å². The van der Waals surface area contributed by atoms with Crippen molar-refractivity contribution in [1.29, 1.82) is 0 Å². The summed E-state index contributed by atoms with van der Waals surface area (Å²) in [6.45, 7) is 1.12. The van der Waals surface area contributed by atoms with Gasteiger partial charge in [0.15, 0.2) is 0 Å². The van der Waals surface area contributed by atoms with E-state index >= 15 is 0 Å². The molecule has 0 atom stereocenters. The summed E-state index contributed by atoms with van der Waals surface area (Å²) >= 11 is 0. The van der Waals surface area contributed by atoms with Crippen LogP contribution in [0.15, 0.2) is 29.2 Å². The Balaban J connectivity index is 0.00000400. The normalized spacial score (nSPS) is 10.2. The molecule has 0 unspecified atom stereocenters. The minimum absolute atomic E-state index is 0. The number of rotatable bonds is 6. The van der Waals surface area contributed by atoms with Gasteiger partial charge < -0.3 is 5.53 Å². The topological polar surface area (TPSA) is 125 Å². The summed E-state index contributed by atoms with van der Waals surface area (Å²) in [5.41, 5.74) is 8.67. The molecule has 1 aromatic rings. The number of carbonyl (C=O) groups is 2. The molecule has 0 spiro atoms. The number of nitrogens with zero attached hydrogens (tertiary/aromatic N) is 2. The quantitative estimate of drug-likeness (QED) is 0.196. The third-order valence-electron chi connectivity index (χ3n) is 2.56. The molecular weight excluding hydrogens is 323 g/mol. The molecule has 7 nitrogen and oxygen atoms in total. The molecule has 21 heavy (non-hydrogen) atoms. The molecule has 0 amide bonds. The van der Waals surface area contributed by atoms with Crippen molar-refractivity contribution in [3.63, 3.8) is 0 Å². The van der Waals surface area contributed by atoms with Gasteiger partial charge >= 0.3 is 57.1 Å². The van der Waals surface area contributed by atoms with Crippen LogP contribution in [0.2, 0.25) is 0 Å². The van der Waals surface area contributed by atoms with Gasteiger partial charge in [0.25, 0.3) is 10.1 Å². The van der Waals surface area contributed by atoms with Gasteiger partial charge in [0.1, 0.15) is 0 Å². The molecule has 0 saturated heterocycles. The predicted octanol–water partition coefficient (Wildman–Crippen LogP) is 0.0463. The summed E-state index contributed by atoms with van der Waals surface area (Å²) < 4.78 is 30.5. The van der Waals surface area contributed by atoms with Crippen molar-refractivity contribution >= 4 is 78.8 Å². The van der Waals surface area contributed by atoms with Crippen LogP contribution in [0.1, 0.15) is 18.9 Å².